The summed E-state index contributed by atoms with van der Waals surface area (Å²) in [5.41, 5.74) is 1.22. The molecule has 46 valence electrons. The minimum absolute atomic E-state index is 0.948. The first-order chi connectivity index (χ1) is 4.43. The Morgan fingerprint density at radius 2 is 2.56 bits per heavy atom. The summed E-state index contributed by atoms with van der Waals surface area (Å²) in [6, 6.07) is 0. The van der Waals surface area contributed by atoms with E-state index in [1.807, 2.05) is 18.2 Å². The van der Waals surface area contributed by atoms with Gasteiger partial charge < -0.3 is 0 Å². The van der Waals surface area contributed by atoms with E-state index in [9.17, 15) is 0 Å². The van der Waals surface area contributed by atoms with E-state index in [2.05, 4.69) is 11.6 Å². The Morgan fingerprint density at radius 1 is 1.67 bits per heavy atom. The molecule has 0 aliphatic carbocycles. The third-order valence-corrected chi connectivity index (χ3v) is 1.18. The Balaban J connectivity index is 2.73. The van der Waals surface area contributed by atoms with Gasteiger partial charge in [0, 0.05) is 12.4 Å². The van der Waals surface area contributed by atoms with E-state index in [1.165, 1.54) is 5.57 Å². The average molecular weight is 119 g/mol. The lowest BCUT2D eigenvalue weighted by Crippen LogP contribution is -1.72. The monoisotopic (exact) mass is 119 g/mol. The number of rotatable bonds is 1. The topological polar surface area (TPSA) is 12.4 Å². The molecule has 0 N–H and O–H groups in total. The molecule has 1 heteroatoms. The number of hydrogen-bond donors (Lipinski definition) is 0. The van der Waals surface area contributed by atoms with Crippen LogP contribution in [0.25, 0.3) is 0 Å². The van der Waals surface area contributed by atoms with Crippen LogP contribution in [0.1, 0.15) is 6.42 Å². The molecule has 0 radical (unpaired) electrons. The molecule has 0 unspecified atom stereocenters. The molecule has 0 bridgehead atoms. The molecule has 9 heavy (non-hydrogen) atoms. The maximum Gasteiger partial charge on any atom is 0.0270 e. The Morgan fingerprint density at radius 3 is 3.33 bits per heavy atom. The fourth-order valence-corrected chi connectivity index (χ4v) is 0.658. The van der Waals surface area contributed by atoms with Gasteiger partial charge >= 0.3 is 0 Å². The third-order valence-electron chi connectivity index (χ3n) is 1.18. The normalized spacial score (nSPS) is 16.7. The maximum atomic E-state index is 3.94. The Labute approximate surface area is 55.1 Å². The molecule has 0 fully saturated rings. The molecule has 0 saturated heterocycles. The van der Waals surface area contributed by atoms with Crippen molar-refractivity contribution >= 4 is 6.21 Å². The van der Waals surface area contributed by atoms with Gasteiger partial charge in [0.25, 0.3) is 0 Å². The standard InChI is InChI=1S/C8H9N/c1-2-8-4-3-6-9-7-5-8/h2-3,5-7H,1,4H2. The van der Waals surface area contributed by atoms with Gasteiger partial charge in [-0.05, 0) is 18.1 Å². The lowest BCUT2D eigenvalue weighted by molar-refractivity contribution is 1.29. The largest absolute Gasteiger partial charge is 0.265 e. The zero-order valence-corrected chi connectivity index (χ0v) is 5.25. The van der Waals surface area contributed by atoms with Gasteiger partial charge in [0.1, 0.15) is 0 Å². The summed E-state index contributed by atoms with van der Waals surface area (Å²) < 4.78 is 0. The summed E-state index contributed by atoms with van der Waals surface area (Å²) in [5.74, 6) is 0. The van der Waals surface area contributed by atoms with Crippen LogP contribution in [0, 0.1) is 0 Å². The predicted molar refractivity (Wildman–Crippen MR) is 40.5 cm³/mol. The Hall–Kier alpha value is -1.11. The number of hydrogen-bond acceptors (Lipinski definition) is 1. The van der Waals surface area contributed by atoms with Crippen LogP contribution in [0.4, 0.5) is 0 Å². The van der Waals surface area contributed by atoms with E-state index in [4.69, 9.17) is 0 Å². The van der Waals surface area contributed by atoms with E-state index >= 15 is 0 Å². The maximum absolute atomic E-state index is 3.94. The summed E-state index contributed by atoms with van der Waals surface area (Å²) in [7, 11) is 0. The molecule has 0 spiro atoms. The van der Waals surface area contributed by atoms with E-state index < -0.39 is 0 Å². The van der Waals surface area contributed by atoms with Crippen molar-refractivity contribution in [3.05, 3.63) is 36.6 Å². The van der Waals surface area contributed by atoms with E-state index in [0.717, 1.165) is 6.42 Å². The molecule has 0 atom stereocenters. The number of allylic oxidation sites excluding steroid dienone is 4. The molecule has 1 aliphatic heterocycles. The van der Waals surface area contributed by atoms with Crippen LogP contribution in [0.15, 0.2) is 41.6 Å². The van der Waals surface area contributed by atoms with Crippen molar-refractivity contribution in [3.63, 3.8) is 0 Å². The second kappa shape index (κ2) is 3.02. The van der Waals surface area contributed by atoms with Crippen molar-refractivity contribution < 1.29 is 0 Å². The minimum Gasteiger partial charge on any atom is -0.265 e. The second-order valence-electron chi connectivity index (χ2n) is 1.83. The molecular formula is C8H9N. The first-order valence-electron chi connectivity index (χ1n) is 2.93. The summed E-state index contributed by atoms with van der Waals surface area (Å²) in [4.78, 5) is 3.94. The Bertz CT molecular complexity index is 185. The zero-order chi connectivity index (χ0) is 6.53. The van der Waals surface area contributed by atoms with E-state index in [1.54, 1.807) is 12.4 Å². The summed E-state index contributed by atoms with van der Waals surface area (Å²) in [5, 5.41) is 0. The third kappa shape index (κ3) is 1.68. The number of nitrogens with zero attached hydrogens (tertiary/aromatic N) is 1. The summed E-state index contributed by atoms with van der Waals surface area (Å²) in [6.07, 6.45) is 10.3. The van der Waals surface area contributed by atoms with Crippen LogP contribution in [-0.4, -0.2) is 6.21 Å². The zero-order valence-electron chi connectivity index (χ0n) is 5.25. The van der Waals surface area contributed by atoms with Crippen molar-refractivity contribution in [2.24, 2.45) is 4.99 Å². The molecule has 0 saturated carbocycles. The van der Waals surface area contributed by atoms with Crippen LogP contribution in [-0.2, 0) is 0 Å². The highest BCUT2D eigenvalue weighted by molar-refractivity contribution is 5.74. The average Bonchev–Trinajstić information content (AvgIpc) is 2.13. The van der Waals surface area contributed by atoms with Gasteiger partial charge in [-0.2, -0.15) is 0 Å². The van der Waals surface area contributed by atoms with Gasteiger partial charge in [0.05, 0.1) is 0 Å². The lowest BCUT2D eigenvalue weighted by atomic mass is 10.2. The van der Waals surface area contributed by atoms with Crippen molar-refractivity contribution in [3.8, 4) is 0 Å². The molecule has 0 aromatic rings. The molecular weight excluding hydrogens is 110 g/mol. The van der Waals surface area contributed by atoms with Gasteiger partial charge in [-0.15, -0.1) is 0 Å². The first kappa shape index (κ1) is 6.02. The fourth-order valence-electron chi connectivity index (χ4n) is 0.658. The first-order valence-corrected chi connectivity index (χ1v) is 2.93. The lowest BCUT2D eigenvalue weighted by Gasteiger charge is -1.88. The van der Waals surface area contributed by atoms with Gasteiger partial charge in [-0.25, -0.2) is 0 Å². The summed E-state index contributed by atoms with van der Waals surface area (Å²) >= 11 is 0. The molecule has 1 nitrogen and oxygen atoms in total. The van der Waals surface area contributed by atoms with Gasteiger partial charge in [-0.1, -0.05) is 18.7 Å². The molecule has 1 aliphatic rings. The minimum atomic E-state index is 0.948. The highest BCUT2D eigenvalue weighted by atomic mass is 14.7. The van der Waals surface area contributed by atoms with Crippen molar-refractivity contribution in [1.29, 1.82) is 0 Å². The second-order valence-corrected chi connectivity index (χ2v) is 1.83. The van der Waals surface area contributed by atoms with Crippen LogP contribution in [0.3, 0.4) is 0 Å². The molecule has 0 aromatic carbocycles. The van der Waals surface area contributed by atoms with Gasteiger partial charge in [0.15, 0.2) is 0 Å². The van der Waals surface area contributed by atoms with Crippen LogP contribution >= 0.6 is 0 Å². The summed E-state index contributed by atoms with van der Waals surface area (Å²) in [6.45, 7) is 3.66. The van der Waals surface area contributed by atoms with Crippen LogP contribution < -0.4 is 0 Å². The molecule has 1 heterocycles. The van der Waals surface area contributed by atoms with Gasteiger partial charge in [0.2, 0.25) is 0 Å². The van der Waals surface area contributed by atoms with Crippen LogP contribution in [0.2, 0.25) is 0 Å². The predicted octanol–water partition coefficient (Wildman–Crippen LogP) is 2.09. The number of aliphatic imine (C=N–C) groups is 1. The molecule has 0 aromatic heterocycles. The van der Waals surface area contributed by atoms with Crippen molar-refractivity contribution in [1.82, 2.24) is 0 Å². The molecule has 0 amide bonds. The van der Waals surface area contributed by atoms with Crippen molar-refractivity contribution in [2.75, 3.05) is 0 Å². The Kier molecular flexibility index (Phi) is 2.02. The highest BCUT2D eigenvalue weighted by Gasteiger charge is 1.86. The van der Waals surface area contributed by atoms with Crippen molar-refractivity contribution in [2.45, 2.75) is 6.42 Å². The fraction of sp³-hybridized carbons (Fsp3) is 0.125. The molecule has 1 rings (SSSR count). The quantitative estimate of drug-likeness (QED) is 0.501. The highest BCUT2D eigenvalue weighted by Crippen LogP contribution is 2.04. The van der Waals surface area contributed by atoms with Gasteiger partial charge in [-0.3, -0.25) is 4.99 Å². The van der Waals surface area contributed by atoms with E-state index in [-0.39, 0.29) is 0 Å². The smallest absolute Gasteiger partial charge is 0.0270 e. The van der Waals surface area contributed by atoms with Crippen LogP contribution in [0.5, 0.6) is 0 Å². The van der Waals surface area contributed by atoms with E-state index in [0.29, 0.717) is 0 Å². The SMILES string of the molecule is C=CC1=CC=NC=CC1.